The van der Waals surface area contributed by atoms with Gasteiger partial charge in [-0.1, -0.05) is 0 Å². The van der Waals surface area contributed by atoms with E-state index in [9.17, 15) is 9.59 Å². The number of nitrogens with one attached hydrogen (secondary N) is 1. The second-order valence-electron chi connectivity index (χ2n) is 3.45. The molecule has 4 heteroatoms. The second kappa shape index (κ2) is 3.29. The minimum atomic E-state index is -0.496. The Balaban J connectivity index is 2.40. The summed E-state index contributed by atoms with van der Waals surface area (Å²) >= 11 is 0. The Morgan fingerprint density at radius 2 is 2.21 bits per heavy atom. The van der Waals surface area contributed by atoms with Gasteiger partial charge in [-0.15, -0.1) is 0 Å². The van der Waals surface area contributed by atoms with Crippen LogP contribution in [0.25, 0.3) is 0 Å². The molecular weight excluding hydrogens is 182 g/mol. The third-order valence-electron chi connectivity index (χ3n) is 2.29. The molecule has 1 heterocycles. The fourth-order valence-electron chi connectivity index (χ4n) is 1.40. The van der Waals surface area contributed by atoms with Gasteiger partial charge in [0.15, 0.2) is 5.43 Å². The maximum absolute atomic E-state index is 11.2. The third kappa shape index (κ3) is 1.69. The summed E-state index contributed by atoms with van der Waals surface area (Å²) in [6.45, 7) is 0. The zero-order chi connectivity index (χ0) is 10.1. The molecule has 0 spiro atoms. The van der Waals surface area contributed by atoms with Crippen LogP contribution in [0.2, 0.25) is 0 Å². The first-order valence-electron chi connectivity index (χ1n) is 4.53. The van der Waals surface area contributed by atoms with Crippen LogP contribution in [0.1, 0.15) is 34.9 Å². The lowest BCUT2D eigenvalue weighted by Crippen LogP contribution is -2.12. The molecule has 2 rings (SSSR count). The van der Waals surface area contributed by atoms with Crippen LogP contribution in [0.5, 0.6) is 0 Å². The molecule has 0 radical (unpaired) electrons. The van der Waals surface area contributed by atoms with E-state index < -0.39 is 5.97 Å². The number of rotatable bonds is 2. The van der Waals surface area contributed by atoms with Gasteiger partial charge in [0.05, 0.1) is 7.11 Å². The minimum absolute atomic E-state index is 0.147. The topological polar surface area (TPSA) is 59.2 Å². The number of ether oxygens (including phenoxy) is 1. The predicted molar refractivity (Wildman–Crippen MR) is 50.4 cm³/mol. The van der Waals surface area contributed by atoms with Crippen LogP contribution in [-0.2, 0) is 4.74 Å². The normalized spacial score (nSPS) is 15.2. The summed E-state index contributed by atoms with van der Waals surface area (Å²) in [6.07, 6.45) is 2.17. The van der Waals surface area contributed by atoms with Crippen LogP contribution in [0.15, 0.2) is 16.9 Å². The van der Waals surface area contributed by atoms with Crippen LogP contribution >= 0.6 is 0 Å². The first-order chi connectivity index (χ1) is 6.70. The van der Waals surface area contributed by atoms with Crippen LogP contribution in [-0.4, -0.2) is 18.1 Å². The Labute approximate surface area is 80.9 Å². The van der Waals surface area contributed by atoms with Gasteiger partial charge in [-0.3, -0.25) is 4.79 Å². The summed E-state index contributed by atoms with van der Waals surface area (Å²) in [5, 5.41) is 0. The van der Waals surface area contributed by atoms with Crippen LogP contribution in [0.3, 0.4) is 0 Å². The van der Waals surface area contributed by atoms with Crippen molar-refractivity contribution in [2.75, 3.05) is 7.11 Å². The van der Waals surface area contributed by atoms with Gasteiger partial charge >= 0.3 is 5.97 Å². The molecule has 1 aromatic rings. The Morgan fingerprint density at radius 3 is 2.79 bits per heavy atom. The highest BCUT2D eigenvalue weighted by Gasteiger charge is 2.25. The molecule has 0 amide bonds. The highest BCUT2D eigenvalue weighted by Crippen LogP contribution is 2.38. The molecule has 1 aliphatic carbocycles. The molecule has 1 aromatic heterocycles. The van der Waals surface area contributed by atoms with E-state index in [1.807, 2.05) is 0 Å². The van der Waals surface area contributed by atoms with Gasteiger partial charge in [-0.25, -0.2) is 4.79 Å². The van der Waals surface area contributed by atoms with Crippen molar-refractivity contribution in [3.8, 4) is 0 Å². The number of aromatic nitrogens is 1. The molecule has 1 N–H and O–H groups in total. The molecule has 0 saturated heterocycles. The highest BCUT2D eigenvalue weighted by molar-refractivity contribution is 5.87. The van der Waals surface area contributed by atoms with Crippen LogP contribution in [0, 0.1) is 0 Å². The Kier molecular flexibility index (Phi) is 2.11. The number of carbonyl (C=O) groups excluding carboxylic acids is 1. The Hall–Kier alpha value is -1.58. The molecule has 0 unspecified atom stereocenters. The number of hydrogen-bond acceptors (Lipinski definition) is 3. The van der Waals surface area contributed by atoms with Crippen molar-refractivity contribution in [1.82, 2.24) is 4.98 Å². The Morgan fingerprint density at radius 1 is 1.50 bits per heavy atom. The van der Waals surface area contributed by atoms with Gasteiger partial charge in [0, 0.05) is 17.8 Å². The lowest BCUT2D eigenvalue weighted by molar-refractivity contribution is 0.0593. The summed E-state index contributed by atoms with van der Waals surface area (Å²) in [6, 6.07) is 2.81. The quantitative estimate of drug-likeness (QED) is 0.714. The third-order valence-corrected chi connectivity index (χ3v) is 2.29. The number of aromatic amines is 1. The monoisotopic (exact) mass is 193 g/mol. The number of pyridine rings is 1. The van der Waals surface area contributed by atoms with E-state index in [1.165, 1.54) is 13.2 Å². The molecular formula is C10H11NO3. The van der Waals surface area contributed by atoms with E-state index in [4.69, 9.17) is 0 Å². The number of hydrogen-bond donors (Lipinski definition) is 1. The van der Waals surface area contributed by atoms with E-state index in [0.717, 1.165) is 18.5 Å². The zero-order valence-corrected chi connectivity index (χ0v) is 7.87. The fraction of sp³-hybridized carbons (Fsp3) is 0.400. The molecule has 74 valence electrons. The van der Waals surface area contributed by atoms with Gasteiger partial charge in [-0.2, -0.15) is 0 Å². The van der Waals surface area contributed by atoms with E-state index in [0.29, 0.717) is 5.92 Å². The van der Waals surface area contributed by atoms with E-state index in [2.05, 4.69) is 9.72 Å². The van der Waals surface area contributed by atoms with Crippen molar-refractivity contribution in [2.45, 2.75) is 18.8 Å². The summed E-state index contributed by atoms with van der Waals surface area (Å²) in [7, 11) is 1.30. The molecule has 1 fully saturated rings. The van der Waals surface area contributed by atoms with Crippen molar-refractivity contribution in [2.24, 2.45) is 0 Å². The number of esters is 1. The largest absolute Gasteiger partial charge is 0.464 e. The maximum Gasteiger partial charge on any atom is 0.354 e. The van der Waals surface area contributed by atoms with Gasteiger partial charge < -0.3 is 9.72 Å². The van der Waals surface area contributed by atoms with Crippen molar-refractivity contribution >= 4 is 5.97 Å². The van der Waals surface area contributed by atoms with Crippen molar-refractivity contribution in [1.29, 1.82) is 0 Å². The molecule has 0 atom stereocenters. The standard InChI is InChI=1S/C10H11NO3/c1-14-10(13)9-5-7(12)4-8(11-9)6-2-3-6/h4-6H,2-3H2,1H3,(H,11,12). The first-order valence-corrected chi connectivity index (χ1v) is 4.53. The molecule has 0 bridgehead atoms. The molecule has 0 aromatic carbocycles. The zero-order valence-electron chi connectivity index (χ0n) is 7.87. The lowest BCUT2D eigenvalue weighted by Gasteiger charge is -2.02. The number of carbonyl (C=O) groups is 1. The van der Waals surface area contributed by atoms with Crippen molar-refractivity contribution in [3.05, 3.63) is 33.7 Å². The summed E-state index contributed by atoms with van der Waals surface area (Å²) < 4.78 is 4.54. The lowest BCUT2D eigenvalue weighted by atomic mass is 10.2. The molecule has 1 saturated carbocycles. The first kappa shape index (κ1) is 8.99. The number of H-pyrrole nitrogens is 1. The Bertz CT molecular complexity index is 418. The highest BCUT2D eigenvalue weighted by atomic mass is 16.5. The number of methoxy groups -OCH3 is 1. The second-order valence-corrected chi connectivity index (χ2v) is 3.45. The summed E-state index contributed by atoms with van der Waals surface area (Å²) in [5.74, 6) is -0.0723. The fourth-order valence-corrected chi connectivity index (χ4v) is 1.40. The van der Waals surface area contributed by atoms with E-state index in [-0.39, 0.29) is 11.1 Å². The maximum atomic E-state index is 11.2. The molecule has 4 nitrogen and oxygen atoms in total. The molecule has 0 aliphatic heterocycles. The van der Waals surface area contributed by atoms with Crippen LogP contribution < -0.4 is 5.43 Å². The SMILES string of the molecule is COC(=O)c1cc(=O)cc(C2CC2)[nH]1. The average molecular weight is 193 g/mol. The minimum Gasteiger partial charge on any atom is -0.464 e. The van der Waals surface area contributed by atoms with Gasteiger partial charge in [0.1, 0.15) is 5.69 Å². The average Bonchev–Trinajstić information content (AvgIpc) is 2.98. The smallest absolute Gasteiger partial charge is 0.354 e. The molecule has 1 aliphatic rings. The van der Waals surface area contributed by atoms with Gasteiger partial charge in [-0.05, 0) is 18.8 Å². The van der Waals surface area contributed by atoms with Crippen molar-refractivity contribution in [3.63, 3.8) is 0 Å². The van der Waals surface area contributed by atoms with Crippen LogP contribution in [0.4, 0.5) is 0 Å². The summed E-state index contributed by atoms with van der Waals surface area (Å²) in [4.78, 5) is 25.3. The molecule has 14 heavy (non-hydrogen) atoms. The summed E-state index contributed by atoms with van der Waals surface area (Å²) in [5.41, 5.74) is 0.936. The van der Waals surface area contributed by atoms with Gasteiger partial charge in [0.25, 0.3) is 0 Å². The van der Waals surface area contributed by atoms with E-state index in [1.54, 1.807) is 6.07 Å². The van der Waals surface area contributed by atoms with E-state index >= 15 is 0 Å². The predicted octanol–water partition coefficient (Wildman–Crippen LogP) is 1.04. The van der Waals surface area contributed by atoms with Gasteiger partial charge in [0.2, 0.25) is 0 Å². The van der Waals surface area contributed by atoms with Crippen molar-refractivity contribution < 1.29 is 9.53 Å².